The van der Waals surface area contributed by atoms with Crippen LogP contribution in [0.2, 0.25) is 0 Å². The quantitative estimate of drug-likeness (QED) is 0.283. The van der Waals surface area contributed by atoms with Crippen molar-refractivity contribution >= 4 is 23.9 Å². The minimum absolute atomic E-state index is 0.0611. The monoisotopic (exact) mass is 384 g/mol. The molecule has 152 valence electrons. The Balaban J connectivity index is -0.000000396. The van der Waals surface area contributed by atoms with Gasteiger partial charge in [0, 0.05) is 17.2 Å². The molecule has 0 aliphatic heterocycles. The number of carboxylic acids is 2. The first-order chi connectivity index (χ1) is 12.4. The minimum atomic E-state index is -1.07. The summed E-state index contributed by atoms with van der Waals surface area (Å²) in [5, 5.41) is 16.2. The smallest absolute Gasteiger partial charge is 0.337 e. The number of aliphatic carboxylic acids is 2. The number of ether oxygens (including phenoxy) is 2. The SMILES string of the molecule is C=C(C)C(=O)OC.C=C(C=C(C)C(=O)O)C(=O)OCCCC.C=CC(=O)O. The highest BCUT2D eigenvalue weighted by Crippen LogP contribution is 2.03. The van der Waals surface area contributed by atoms with Gasteiger partial charge in [-0.25, -0.2) is 19.2 Å². The van der Waals surface area contributed by atoms with Gasteiger partial charge >= 0.3 is 23.9 Å². The molecule has 0 unspecified atom stereocenters. The highest BCUT2D eigenvalue weighted by molar-refractivity contribution is 5.94. The van der Waals surface area contributed by atoms with Crippen LogP contribution in [-0.2, 0) is 28.7 Å². The third-order valence-electron chi connectivity index (χ3n) is 2.43. The number of carbonyl (C=O) groups excluding carboxylic acids is 2. The summed E-state index contributed by atoms with van der Waals surface area (Å²) >= 11 is 0. The number of rotatable bonds is 8. The molecule has 0 aromatic carbocycles. The summed E-state index contributed by atoms with van der Waals surface area (Å²) in [4.78, 5) is 41.1. The minimum Gasteiger partial charge on any atom is -0.478 e. The third kappa shape index (κ3) is 20.8. The fourth-order valence-corrected chi connectivity index (χ4v) is 0.958. The Kier molecular flexibility index (Phi) is 18.7. The highest BCUT2D eigenvalue weighted by atomic mass is 16.5. The number of hydrogen-bond acceptors (Lipinski definition) is 6. The molecule has 0 saturated heterocycles. The molecular formula is C19H28O8. The molecule has 0 amide bonds. The van der Waals surface area contributed by atoms with Crippen molar-refractivity contribution in [1.82, 2.24) is 0 Å². The van der Waals surface area contributed by atoms with Crippen molar-refractivity contribution in [1.29, 1.82) is 0 Å². The fraction of sp³-hybridized carbons (Fsp3) is 0.368. The van der Waals surface area contributed by atoms with Crippen LogP contribution in [-0.4, -0.2) is 47.8 Å². The largest absolute Gasteiger partial charge is 0.478 e. The van der Waals surface area contributed by atoms with Crippen LogP contribution in [0.5, 0.6) is 0 Å². The number of carboxylic acid groups (broad SMARTS) is 2. The molecule has 0 aliphatic carbocycles. The highest BCUT2D eigenvalue weighted by Gasteiger charge is 2.08. The molecule has 8 nitrogen and oxygen atoms in total. The van der Waals surface area contributed by atoms with Crippen molar-refractivity contribution in [3.63, 3.8) is 0 Å². The Bertz CT molecular complexity index is 585. The molecule has 8 heteroatoms. The summed E-state index contributed by atoms with van der Waals surface area (Å²) in [5.74, 6) is -2.97. The van der Waals surface area contributed by atoms with E-state index in [-0.39, 0.29) is 17.1 Å². The lowest BCUT2D eigenvalue weighted by Crippen LogP contribution is -2.08. The lowest BCUT2D eigenvalue weighted by molar-refractivity contribution is -0.139. The lowest BCUT2D eigenvalue weighted by atomic mass is 10.2. The van der Waals surface area contributed by atoms with Crippen molar-refractivity contribution in [2.24, 2.45) is 0 Å². The van der Waals surface area contributed by atoms with Gasteiger partial charge in [-0.3, -0.25) is 0 Å². The van der Waals surface area contributed by atoms with Crippen LogP contribution in [0, 0.1) is 0 Å². The van der Waals surface area contributed by atoms with E-state index in [9.17, 15) is 19.2 Å². The summed E-state index contributed by atoms with van der Waals surface area (Å²) in [6.07, 6.45) is 3.76. The molecule has 0 aliphatic rings. The second kappa shape index (κ2) is 17.7. The maximum absolute atomic E-state index is 11.2. The molecule has 0 rings (SSSR count). The molecule has 0 aromatic rings. The van der Waals surface area contributed by atoms with Gasteiger partial charge in [0.1, 0.15) is 0 Å². The van der Waals surface area contributed by atoms with Crippen molar-refractivity contribution in [2.75, 3.05) is 13.7 Å². The van der Waals surface area contributed by atoms with Crippen LogP contribution in [0.3, 0.4) is 0 Å². The van der Waals surface area contributed by atoms with E-state index in [2.05, 4.69) is 24.5 Å². The van der Waals surface area contributed by atoms with Gasteiger partial charge in [0.15, 0.2) is 0 Å². The first-order valence-corrected chi connectivity index (χ1v) is 7.81. The maximum atomic E-state index is 11.2. The molecule has 0 radical (unpaired) electrons. The molecule has 2 N–H and O–H groups in total. The molecule has 0 fully saturated rings. The summed E-state index contributed by atoms with van der Waals surface area (Å²) in [6.45, 7) is 15.1. The third-order valence-corrected chi connectivity index (χ3v) is 2.43. The fourth-order valence-electron chi connectivity index (χ4n) is 0.958. The van der Waals surface area contributed by atoms with Crippen molar-refractivity contribution in [3.8, 4) is 0 Å². The summed E-state index contributed by atoms with van der Waals surface area (Å²) < 4.78 is 9.12. The van der Waals surface area contributed by atoms with Crippen LogP contribution in [0.25, 0.3) is 0 Å². The van der Waals surface area contributed by atoms with E-state index in [1.807, 2.05) is 6.92 Å². The van der Waals surface area contributed by atoms with E-state index in [4.69, 9.17) is 14.9 Å². The van der Waals surface area contributed by atoms with Crippen molar-refractivity contribution < 1.29 is 38.9 Å². The van der Waals surface area contributed by atoms with Gasteiger partial charge < -0.3 is 19.7 Å². The topological polar surface area (TPSA) is 127 Å². The zero-order chi connectivity index (χ0) is 22.0. The molecule has 0 heterocycles. The zero-order valence-corrected chi connectivity index (χ0v) is 16.2. The Morgan fingerprint density at radius 1 is 1.04 bits per heavy atom. The van der Waals surface area contributed by atoms with Gasteiger partial charge in [-0.1, -0.05) is 33.1 Å². The van der Waals surface area contributed by atoms with Gasteiger partial charge in [0.25, 0.3) is 0 Å². The Labute approximate surface area is 159 Å². The number of unbranched alkanes of at least 4 members (excludes halogenated alkanes) is 1. The molecule has 0 bridgehead atoms. The van der Waals surface area contributed by atoms with Gasteiger partial charge in [0.2, 0.25) is 0 Å². The molecule has 0 saturated carbocycles. The van der Waals surface area contributed by atoms with Gasteiger partial charge in [0.05, 0.1) is 19.3 Å². The van der Waals surface area contributed by atoms with Crippen LogP contribution in [0.15, 0.2) is 48.6 Å². The van der Waals surface area contributed by atoms with Crippen molar-refractivity contribution in [2.45, 2.75) is 33.6 Å². The second-order valence-electron chi connectivity index (χ2n) is 4.96. The maximum Gasteiger partial charge on any atom is 0.337 e. The Morgan fingerprint density at radius 3 is 1.78 bits per heavy atom. The van der Waals surface area contributed by atoms with Crippen LogP contribution in [0.4, 0.5) is 0 Å². The van der Waals surface area contributed by atoms with Crippen LogP contribution >= 0.6 is 0 Å². The van der Waals surface area contributed by atoms with E-state index in [0.717, 1.165) is 18.9 Å². The lowest BCUT2D eigenvalue weighted by Gasteiger charge is -2.03. The predicted molar refractivity (Wildman–Crippen MR) is 101 cm³/mol. The average molecular weight is 384 g/mol. The first-order valence-electron chi connectivity index (χ1n) is 7.81. The molecule has 0 aromatic heterocycles. The van der Waals surface area contributed by atoms with Crippen LogP contribution < -0.4 is 0 Å². The van der Waals surface area contributed by atoms with E-state index >= 15 is 0 Å². The van der Waals surface area contributed by atoms with Gasteiger partial charge in [-0.2, -0.15) is 0 Å². The number of esters is 2. The van der Waals surface area contributed by atoms with E-state index < -0.39 is 17.9 Å². The zero-order valence-electron chi connectivity index (χ0n) is 16.2. The number of hydrogen-bond donors (Lipinski definition) is 2. The van der Waals surface area contributed by atoms with E-state index in [1.54, 1.807) is 6.92 Å². The number of methoxy groups -OCH3 is 1. The molecule has 27 heavy (non-hydrogen) atoms. The van der Waals surface area contributed by atoms with Gasteiger partial charge in [-0.05, 0) is 26.3 Å². The standard InChI is InChI=1S/C11H16O4.C5H8O2.C3H4O2/c1-4-5-6-15-11(14)9(3)7-8(2)10(12)13;1-4(2)5(6)7-3;1-2-3(4)5/h7H,3-6H2,1-2H3,(H,12,13);1H2,2-3H3;2H,1H2,(H,4,5). The van der Waals surface area contributed by atoms with E-state index in [0.29, 0.717) is 12.2 Å². The summed E-state index contributed by atoms with van der Waals surface area (Å²) in [7, 11) is 1.33. The summed E-state index contributed by atoms with van der Waals surface area (Å²) in [5.41, 5.74) is 0.556. The molecule has 0 spiro atoms. The first kappa shape index (κ1) is 28.6. The van der Waals surface area contributed by atoms with E-state index in [1.165, 1.54) is 20.1 Å². The average Bonchev–Trinajstić information content (AvgIpc) is 2.61. The Hall–Kier alpha value is -3.16. The normalized spacial score (nSPS) is 9.26. The number of carbonyl (C=O) groups is 4. The van der Waals surface area contributed by atoms with Gasteiger partial charge in [-0.15, -0.1) is 0 Å². The van der Waals surface area contributed by atoms with Crippen molar-refractivity contribution in [3.05, 3.63) is 48.6 Å². The molecular weight excluding hydrogens is 356 g/mol. The Morgan fingerprint density at radius 2 is 1.52 bits per heavy atom. The summed E-state index contributed by atoms with van der Waals surface area (Å²) in [6, 6.07) is 0. The van der Waals surface area contributed by atoms with Crippen LogP contribution in [0.1, 0.15) is 33.6 Å². The molecule has 0 atom stereocenters. The second-order valence-corrected chi connectivity index (χ2v) is 4.96. The predicted octanol–water partition coefficient (Wildman–Crippen LogP) is 2.91.